The van der Waals surface area contributed by atoms with Gasteiger partial charge in [-0.1, -0.05) is 59.0 Å². The lowest BCUT2D eigenvalue weighted by molar-refractivity contribution is -0.116. The number of carbonyl (C=O) groups excluding carboxylic acids is 1. The topological polar surface area (TPSA) is 92.7 Å². The van der Waals surface area contributed by atoms with Crippen molar-refractivity contribution in [3.63, 3.8) is 0 Å². The van der Waals surface area contributed by atoms with Gasteiger partial charge in [0.25, 0.3) is 10.1 Å². The van der Waals surface area contributed by atoms with Gasteiger partial charge in [0.1, 0.15) is 5.75 Å². The maximum Gasteiger partial charge on any atom is 0.294 e. The highest BCUT2D eigenvalue weighted by Crippen LogP contribution is 2.29. The molecule has 3 aromatic rings. The maximum absolute atomic E-state index is 12.3. The van der Waals surface area contributed by atoms with Crippen LogP contribution in [-0.2, 0) is 14.9 Å². The van der Waals surface area contributed by atoms with E-state index in [1.807, 2.05) is 19.1 Å². The number of rotatable bonds is 10. The van der Waals surface area contributed by atoms with Crippen LogP contribution in [0.1, 0.15) is 35.7 Å². The van der Waals surface area contributed by atoms with Gasteiger partial charge in [0.2, 0.25) is 5.91 Å². The van der Waals surface area contributed by atoms with Gasteiger partial charge in [0.15, 0.2) is 0 Å². The summed E-state index contributed by atoms with van der Waals surface area (Å²) in [5, 5.41) is 4.25. The van der Waals surface area contributed by atoms with E-state index >= 15 is 0 Å². The van der Waals surface area contributed by atoms with Gasteiger partial charge in [-0.3, -0.25) is 9.35 Å². The molecule has 3 rings (SSSR count). The number of halogens is 1. The Morgan fingerprint density at radius 1 is 1.09 bits per heavy atom. The lowest BCUT2D eigenvalue weighted by atomic mass is 10.1. The van der Waals surface area contributed by atoms with Gasteiger partial charge < -0.3 is 10.1 Å². The molecule has 8 heteroatoms. The first-order chi connectivity index (χ1) is 15.8. The Hall–Kier alpha value is -2.43. The molecule has 2 N–H and O–H groups in total. The maximum atomic E-state index is 12.3. The molecule has 0 aliphatic heterocycles. The number of hydrogen-bond acceptors (Lipinski definition) is 4. The van der Waals surface area contributed by atoms with Crippen LogP contribution in [0.15, 0.2) is 77.7 Å². The second kappa shape index (κ2) is 11.6. The number of nitrogens with one attached hydrogen (secondary N) is 1. The number of hydrogen-bond donors (Lipinski definition) is 2. The van der Waals surface area contributed by atoms with Crippen molar-refractivity contribution in [2.45, 2.75) is 35.0 Å². The van der Waals surface area contributed by atoms with Crippen molar-refractivity contribution in [1.29, 1.82) is 0 Å². The molecular weight excluding hydrogens is 553 g/mol. The molecule has 3 aromatic carbocycles. The molecule has 0 bridgehead atoms. The number of fused-ring (bicyclic) bond motifs is 1. The molecule has 1 amide bonds. The average Bonchev–Trinajstić information content (AvgIpc) is 2.79. The van der Waals surface area contributed by atoms with Crippen LogP contribution in [-0.4, -0.2) is 25.5 Å². The molecule has 1 unspecified atom stereocenters. The number of amides is 1. The summed E-state index contributed by atoms with van der Waals surface area (Å²) in [6.07, 6.45) is 6.10. The van der Waals surface area contributed by atoms with E-state index in [4.69, 9.17) is 9.29 Å². The standard InChI is InChI=1S/C25H26INO5S/c1-2-3-5-24(26)18-8-12-22(13-9-18)32-15-4-6-25(28)27-21-11-7-20-17-23(33(29,30)31)14-10-19(20)16-21/h2-3,7-14,16-17,24H,4-6,15H2,1H3,(H,27,28)(H,29,30,31)/b3-2-. The Bertz CT molecular complexity index is 1240. The molecule has 0 spiro atoms. The molecule has 0 saturated heterocycles. The molecule has 0 radical (unpaired) electrons. The SMILES string of the molecule is C/C=C\CC(I)c1ccc(OCCCC(=O)Nc2ccc3cc(S(=O)(=O)O)ccc3c2)cc1. The predicted octanol–water partition coefficient (Wildman–Crippen LogP) is 6.33. The summed E-state index contributed by atoms with van der Waals surface area (Å²) in [6, 6.07) is 17.5. The van der Waals surface area contributed by atoms with Gasteiger partial charge in [0.05, 0.1) is 11.5 Å². The quantitative estimate of drug-likeness (QED) is 0.0964. The summed E-state index contributed by atoms with van der Waals surface area (Å²) in [4.78, 5) is 12.1. The van der Waals surface area contributed by atoms with Crippen LogP contribution < -0.4 is 10.1 Å². The number of ether oxygens (including phenoxy) is 1. The van der Waals surface area contributed by atoms with E-state index in [0.717, 1.165) is 17.6 Å². The number of allylic oxidation sites excluding steroid dienone is 2. The normalized spacial score (nSPS) is 12.7. The molecule has 0 aromatic heterocycles. The summed E-state index contributed by atoms with van der Waals surface area (Å²) >= 11 is 2.43. The summed E-state index contributed by atoms with van der Waals surface area (Å²) in [5.74, 6) is 0.659. The molecule has 0 fully saturated rings. The van der Waals surface area contributed by atoms with E-state index < -0.39 is 10.1 Å². The van der Waals surface area contributed by atoms with E-state index in [0.29, 0.717) is 34.4 Å². The van der Waals surface area contributed by atoms with Gasteiger partial charge in [-0.25, -0.2) is 0 Å². The number of alkyl halides is 1. The van der Waals surface area contributed by atoms with Crippen molar-refractivity contribution in [3.05, 3.63) is 78.4 Å². The van der Waals surface area contributed by atoms with Crippen molar-refractivity contribution in [3.8, 4) is 5.75 Å². The average molecular weight is 579 g/mol. The van der Waals surface area contributed by atoms with Crippen LogP contribution in [0, 0.1) is 0 Å². The predicted molar refractivity (Wildman–Crippen MR) is 140 cm³/mol. The van der Waals surface area contributed by atoms with Crippen LogP contribution >= 0.6 is 22.6 Å². The van der Waals surface area contributed by atoms with Crippen LogP contribution in [0.25, 0.3) is 10.8 Å². The highest BCUT2D eigenvalue weighted by molar-refractivity contribution is 14.1. The van der Waals surface area contributed by atoms with Crippen LogP contribution in [0.4, 0.5) is 5.69 Å². The fraction of sp³-hybridized carbons (Fsp3) is 0.240. The van der Waals surface area contributed by atoms with Crippen molar-refractivity contribution >= 4 is 55.1 Å². The minimum absolute atomic E-state index is 0.125. The second-order valence-electron chi connectivity index (χ2n) is 7.54. The number of anilines is 1. The molecule has 0 heterocycles. The molecule has 0 saturated carbocycles. The van der Waals surface area contributed by atoms with Crippen LogP contribution in [0.5, 0.6) is 5.75 Å². The van der Waals surface area contributed by atoms with Crippen molar-refractivity contribution in [2.75, 3.05) is 11.9 Å². The van der Waals surface area contributed by atoms with Gasteiger partial charge in [-0.2, -0.15) is 8.42 Å². The zero-order valence-corrected chi connectivity index (χ0v) is 21.2. The summed E-state index contributed by atoms with van der Waals surface area (Å²) in [6.45, 7) is 2.46. The molecule has 33 heavy (non-hydrogen) atoms. The summed E-state index contributed by atoms with van der Waals surface area (Å²) < 4.78 is 37.9. The second-order valence-corrected chi connectivity index (χ2v) is 10.5. The van der Waals surface area contributed by atoms with E-state index in [1.54, 1.807) is 24.3 Å². The lowest BCUT2D eigenvalue weighted by Gasteiger charge is -2.10. The fourth-order valence-electron chi connectivity index (χ4n) is 3.27. The monoisotopic (exact) mass is 579 g/mol. The molecule has 0 aliphatic rings. The zero-order chi connectivity index (χ0) is 23.8. The highest BCUT2D eigenvalue weighted by Gasteiger charge is 2.11. The van der Waals surface area contributed by atoms with Gasteiger partial charge >= 0.3 is 0 Å². The number of benzene rings is 3. The fourth-order valence-corrected chi connectivity index (χ4v) is 4.50. The van der Waals surface area contributed by atoms with Gasteiger partial charge in [0, 0.05) is 16.0 Å². The minimum Gasteiger partial charge on any atom is -0.494 e. The van der Waals surface area contributed by atoms with Crippen molar-refractivity contribution in [1.82, 2.24) is 0 Å². The third-order valence-electron chi connectivity index (χ3n) is 5.03. The molecule has 0 aliphatic carbocycles. The Morgan fingerprint density at radius 3 is 2.48 bits per heavy atom. The largest absolute Gasteiger partial charge is 0.494 e. The molecule has 174 valence electrons. The Labute approximate surface area is 207 Å². The van der Waals surface area contributed by atoms with Crippen LogP contribution in [0.3, 0.4) is 0 Å². The van der Waals surface area contributed by atoms with E-state index in [9.17, 15) is 13.2 Å². The Morgan fingerprint density at radius 2 is 1.79 bits per heavy atom. The Kier molecular flexibility index (Phi) is 8.87. The van der Waals surface area contributed by atoms with Gasteiger partial charge in [-0.05, 0) is 72.5 Å². The van der Waals surface area contributed by atoms with E-state index in [2.05, 4.69) is 52.2 Å². The van der Waals surface area contributed by atoms with E-state index in [1.165, 1.54) is 17.7 Å². The first kappa shape index (κ1) is 25.2. The smallest absolute Gasteiger partial charge is 0.294 e. The summed E-state index contributed by atoms with van der Waals surface area (Å²) in [5.41, 5.74) is 1.87. The number of carbonyl (C=O) groups is 1. The highest BCUT2D eigenvalue weighted by atomic mass is 127. The first-order valence-electron chi connectivity index (χ1n) is 10.6. The van der Waals surface area contributed by atoms with Crippen LogP contribution in [0.2, 0.25) is 0 Å². The summed E-state index contributed by atoms with van der Waals surface area (Å²) in [7, 11) is -4.25. The van der Waals surface area contributed by atoms with Gasteiger partial charge in [-0.15, -0.1) is 0 Å². The third-order valence-corrected chi connectivity index (χ3v) is 7.11. The van der Waals surface area contributed by atoms with Crippen molar-refractivity contribution in [2.24, 2.45) is 0 Å². The molecule has 1 atom stereocenters. The zero-order valence-electron chi connectivity index (χ0n) is 18.2. The molecule has 6 nitrogen and oxygen atoms in total. The minimum atomic E-state index is -4.25. The molecular formula is C25H26INO5S. The van der Waals surface area contributed by atoms with Crippen molar-refractivity contribution < 1.29 is 22.5 Å². The third kappa shape index (κ3) is 7.55. The van der Waals surface area contributed by atoms with E-state index in [-0.39, 0.29) is 10.8 Å². The lowest BCUT2D eigenvalue weighted by Crippen LogP contribution is -2.12. The first-order valence-corrected chi connectivity index (χ1v) is 13.2. The Balaban J connectivity index is 1.46.